The maximum Gasteiger partial charge on any atom is 0.235 e. The van der Waals surface area contributed by atoms with Crippen LogP contribution >= 0.6 is 0 Å². The van der Waals surface area contributed by atoms with Gasteiger partial charge in [0.2, 0.25) is 5.78 Å². The van der Waals surface area contributed by atoms with Gasteiger partial charge in [0, 0.05) is 11.6 Å². The highest BCUT2D eigenvalue weighted by Gasteiger charge is 2.37. The summed E-state index contributed by atoms with van der Waals surface area (Å²) >= 11 is 0. The summed E-state index contributed by atoms with van der Waals surface area (Å²) in [5.74, 6) is 1.48. The summed E-state index contributed by atoms with van der Waals surface area (Å²) in [6.45, 7) is 4.00. The standard InChI is InChI=1S/C21H20O5/c1-21(2)9-8-14-15(26-21)11-16-18(19(14)22)20(23)17(25-16)10-12-4-6-13(24-3)7-5-12/h4-7,10-11,22H,8-9H2,1-3H3. The molecule has 2 aliphatic heterocycles. The van der Waals surface area contributed by atoms with Crippen molar-refractivity contribution in [1.29, 1.82) is 0 Å². The van der Waals surface area contributed by atoms with Crippen LogP contribution in [0.2, 0.25) is 0 Å². The Balaban J connectivity index is 1.71. The van der Waals surface area contributed by atoms with E-state index in [0.717, 1.165) is 17.7 Å². The number of ketones is 1. The average molecular weight is 352 g/mol. The third-order valence-corrected chi connectivity index (χ3v) is 4.78. The minimum Gasteiger partial charge on any atom is -0.507 e. The molecule has 1 N–H and O–H groups in total. The molecule has 0 saturated carbocycles. The first kappa shape index (κ1) is 16.5. The van der Waals surface area contributed by atoms with E-state index >= 15 is 0 Å². The van der Waals surface area contributed by atoms with Crippen molar-refractivity contribution >= 4 is 11.9 Å². The molecule has 5 heteroatoms. The molecular weight excluding hydrogens is 332 g/mol. The highest BCUT2D eigenvalue weighted by Crippen LogP contribution is 2.47. The van der Waals surface area contributed by atoms with Crippen molar-refractivity contribution in [2.75, 3.05) is 7.11 Å². The molecule has 0 spiro atoms. The number of aromatic hydroxyl groups is 1. The Hall–Kier alpha value is -2.95. The number of methoxy groups -OCH3 is 1. The number of phenols is 1. The molecule has 0 fully saturated rings. The van der Waals surface area contributed by atoms with Crippen LogP contribution in [0, 0.1) is 0 Å². The molecule has 5 nitrogen and oxygen atoms in total. The monoisotopic (exact) mass is 352 g/mol. The van der Waals surface area contributed by atoms with Gasteiger partial charge >= 0.3 is 0 Å². The van der Waals surface area contributed by atoms with Crippen LogP contribution < -0.4 is 14.2 Å². The zero-order valence-electron chi connectivity index (χ0n) is 15.0. The van der Waals surface area contributed by atoms with Gasteiger partial charge in [0.25, 0.3) is 0 Å². The van der Waals surface area contributed by atoms with Gasteiger partial charge < -0.3 is 19.3 Å². The Morgan fingerprint density at radius 2 is 1.92 bits per heavy atom. The second-order valence-corrected chi connectivity index (χ2v) is 7.15. The molecule has 0 aromatic heterocycles. The number of carbonyl (C=O) groups is 1. The highest BCUT2D eigenvalue weighted by atomic mass is 16.5. The fourth-order valence-electron chi connectivity index (χ4n) is 3.30. The Labute approximate surface area is 151 Å². The predicted octanol–water partition coefficient (Wildman–Crippen LogP) is 4.12. The topological polar surface area (TPSA) is 65.0 Å². The highest BCUT2D eigenvalue weighted by molar-refractivity contribution is 6.16. The van der Waals surface area contributed by atoms with E-state index < -0.39 is 0 Å². The summed E-state index contributed by atoms with van der Waals surface area (Å²) in [6, 6.07) is 9.00. The summed E-state index contributed by atoms with van der Waals surface area (Å²) < 4.78 is 16.8. The number of fused-ring (bicyclic) bond motifs is 2. The minimum absolute atomic E-state index is 0.0314. The summed E-state index contributed by atoms with van der Waals surface area (Å²) in [7, 11) is 1.60. The Kier molecular flexibility index (Phi) is 3.68. The van der Waals surface area contributed by atoms with Gasteiger partial charge in [-0.05, 0) is 50.5 Å². The van der Waals surface area contributed by atoms with Crippen LogP contribution in [-0.2, 0) is 6.42 Å². The van der Waals surface area contributed by atoms with Crippen molar-refractivity contribution < 1.29 is 24.1 Å². The molecule has 2 heterocycles. The van der Waals surface area contributed by atoms with E-state index in [9.17, 15) is 9.90 Å². The first-order chi connectivity index (χ1) is 12.4. The number of allylic oxidation sites excluding steroid dienone is 1. The van der Waals surface area contributed by atoms with Gasteiger partial charge in [0.05, 0.1) is 7.11 Å². The normalized spacial score (nSPS) is 18.7. The first-order valence-corrected chi connectivity index (χ1v) is 8.54. The van der Waals surface area contributed by atoms with Crippen LogP contribution in [0.5, 0.6) is 23.0 Å². The Morgan fingerprint density at radius 1 is 1.19 bits per heavy atom. The fourth-order valence-corrected chi connectivity index (χ4v) is 3.30. The first-order valence-electron chi connectivity index (χ1n) is 8.54. The zero-order valence-corrected chi connectivity index (χ0v) is 15.0. The van der Waals surface area contributed by atoms with E-state index in [1.165, 1.54) is 0 Å². The van der Waals surface area contributed by atoms with Crippen LogP contribution in [0.1, 0.15) is 41.8 Å². The summed E-state index contributed by atoms with van der Waals surface area (Å²) in [6.07, 6.45) is 3.09. The molecule has 4 rings (SSSR count). The number of carbonyl (C=O) groups excluding carboxylic acids is 1. The van der Waals surface area contributed by atoms with E-state index in [1.807, 2.05) is 38.1 Å². The molecule has 2 aliphatic rings. The van der Waals surface area contributed by atoms with Gasteiger partial charge in [0.15, 0.2) is 5.76 Å². The summed E-state index contributed by atoms with van der Waals surface area (Å²) in [5.41, 5.74) is 1.39. The molecule has 0 amide bonds. The van der Waals surface area contributed by atoms with Crippen LogP contribution in [0.25, 0.3) is 6.08 Å². The van der Waals surface area contributed by atoms with Gasteiger partial charge in [-0.2, -0.15) is 0 Å². The molecule has 2 aromatic carbocycles. The minimum atomic E-state index is -0.319. The lowest BCUT2D eigenvalue weighted by Gasteiger charge is -2.33. The Bertz CT molecular complexity index is 922. The van der Waals surface area contributed by atoms with E-state index in [2.05, 4.69) is 0 Å². The van der Waals surface area contributed by atoms with Crippen molar-refractivity contribution in [2.45, 2.75) is 32.3 Å². The second-order valence-electron chi connectivity index (χ2n) is 7.15. The smallest absolute Gasteiger partial charge is 0.235 e. The van der Waals surface area contributed by atoms with Crippen LogP contribution in [-0.4, -0.2) is 23.6 Å². The van der Waals surface area contributed by atoms with Gasteiger partial charge in [-0.1, -0.05) is 12.1 Å². The molecule has 0 atom stereocenters. The van der Waals surface area contributed by atoms with Crippen LogP contribution in [0.15, 0.2) is 36.1 Å². The zero-order chi connectivity index (χ0) is 18.5. The number of Topliss-reactive ketones (excluding diaryl/α,β-unsaturated/α-hetero) is 1. The fraction of sp³-hybridized carbons (Fsp3) is 0.286. The molecule has 2 aromatic rings. The number of benzene rings is 2. The van der Waals surface area contributed by atoms with Gasteiger partial charge in [-0.25, -0.2) is 0 Å². The number of ether oxygens (including phenoxy) is 3. The van der Waals surface area contributed by atoms with Crippen molar-refractivity contribution in [2.24, 2.45) is 0 Å². The molecule has 0 aliphatic carbocycles. The van der Waals surface area contributed by atoms with E-state index in [1.54, 1.807) is 19.3 Å². The largest absolute Gasteiger partial charge is 0.507 e. The molecule has 26 heavy (non-hydrogen) atoms. The molecular formula is C21H20O5. The second kappa shape index (κ2) is 5.80. The lowest BCUT2D eigenvalue weighted by atomic mass is 9.91. The van der Waals surface area contributed by atoms with Crippen molar-refractivity contribution in [3.63, 3.8) is 0 Å². The lowest BCUT2D eigenvalue weighted by molar-refractivity contribution is 0.0834. The maximum atomic E-state index is 12.7. The van der Waals surface area contributed by atoms with Crippen LogP contribution in [0.3, 0.4) is 0 Å². The van der Waals surface area contributed by atoms with Crippen molar-refractivity contribution in [3.05, 3.63) is 52.8 Å². The quantitative estimate of drug-likeness (QED) is 0.824. The van der Waals surface area contributed by atoms with Crippen LogP contribution in [0.4, 0.5) is 0 Å². The molecule has 0 saturated heterocycles. The van der Waals surface area contributed by atoms with Crippen molar-refractivity contribution in [1.82, 2.24) is 0 Å². The predicted molar refractivity (Wildman–Crippen MR) is 97.1 cm³/mol. The third kappa shape index (κ3) is 2.69. The number of rotatable bonds is 2. The SMILES string of the molecule is COc1ccc(C=C2Oc3cc4c(c(O)c3C2=O)CCC(C)(C)O4)cc1. The van der Waals surface area contributed by atoms with Gasteiger partial charge in [-0.3, -0.25) is 4.79 Å². The molecule has 0 radical (unpaired) electrons. The number of hydrogen-bond donors (Lipinski definition) is 1. The summed E-state index contributed by atoms with van der Waals surface area (Å²) in [5, 5.41) is 10.6. The molecule has 134 valence electrons. The molecule has 0 unspecified atom stereocenters. The number of phenolic OH excluding ortho intramolecular Hbond substituents is 1. The Morgan fingerprint density at radius 3 is 2.62 bits per heavy atom. The van der Waals surface area contributed by atoms with E-state index in [-0.39, 0.29) is 28.5 Å². The van der Waals surface area contributed by atoms with E-state index in [0.29, 0.717) is 23.5 Å². The van der Waals surface area contributed by atoms with Crippen molar-refractivity contribution in [3.8, 4) is 23.0 Å². The third-order valence-electron chi connectivity index (χ3n) is 4.78. The lowest BCUT2D eigenvalue weighted by Crippen LogP contribution is -2.32. The number of hydrogen-bond acceptors (Lipinski definition) is 5. The van der Waals surface area contributed by atoms with Gasteiger partial charge in [-0.15, -0.1) is 0 Å². The van der Waals surface area contributed by atoms with E-state index in [4.69, 9.17) is 14.2 Å². The average Bonchev–Trinajstić information content (AvgIpc) is 2.90. The maximum absolute atomic E-state index is 12.7. The van der Waals surface area contributed by atoms with Gasteiger partial charge in [0.1, 0.15) is 34.2 Å². The molecule has 0 bridgehead atoms. The summed E-state index contributed by atoms with van der Waals surface area (Å²) in [4.78, 5) is 12.7.